The topological polar surface area (TPSA) is 45.8 Å². The Kier molecular flexibility index (Phi) is 1.66. The number of aryl methyl sites for hydroxylation is 1. The van der Waals surface area contributed by atoms with Crippen molar-refractivity contribution in [2.24, 2.45) is 0 Å². The summed E-state index contributed by atoms with van der Waals surface area (Å²) in [6.45, 7) is 1.85. The zero-order valence-electron chi connectivity index (χ0n) is 4.81. The Morgan fingerprint density at radius 2 is 2.44 bits per heavy atom. The van der Waals surface area contributed by atoms with E-state index in [9.17, 15) is 4.79 Å². The summed E-state index contributed by atoms with van der Waals surface area (Å²) in [5.74, 6) is 0. The predicted octanol–water partition coefficient (Wildman–Crippen LogP) is 0.841. The number of H-pyrrole nitrogens is 1. The number of halogens is 1. The number of nitrogens with one attached hydrogen (secondary N) is 1. The van der Waals surface area contributed by atoms with Gasteiger partial charge in [-0.2, -0.15) is 0 Å². The molecule has 1 aromatic heterocycles. The highest BCUT2D eigenvalue weighted by Crippen LogP contribution is 2.06. The highest BCUT2D eigenvalue weighted by atomic mass is 79.9. The molecule has 0 atom stereocenters. The van der Waals surface area contributed by atoms with Crippen LogP contribution in [0.1, 0.15) is 5.56 Å². The van der Waals surface area contributed by atoms with E-state index in [2.05, 4.69) is 25.9 Å². The number of hydrogen-bond donors (Lipinski definition) is 1. The first kappa shape index (κ1) is 6.48. The van der Waals surface area contributed by atoms with Crippen LogP contribution in [0.25, 0.3) is 0 Å². The average molecular weight is 189 g/mol. The zero-order chi connectivity index (χ0) is 6.85. The monoisotopic (exact) mass is 188 g/mol. The summed E-state index contributed by atoms with van der Waals surface area (Å²) in [6.07, 6.45) is 1.52. The number of hydrogen-bond acceptors (Lipinski definition) is 2. The molecule has 0 aliphatic carbocycles. The zero-order valence-corrected chi connectivity index (χ0v) is 6.40. The minimum absolute atomic E-state index is 0.326. The molecule has 1 N–H and O–H groups in total. The van der Waals surface area contributed by atoms with Gasteiger partial charge in [-0.25, -0.2) is 9.78 Å². The summed E-state index contributed by atoms with van der Waals surface area (Å²) < 4.78 is 0.697. The maximum Gasteiger partial charge on any atom is 0.345 e. The van der Waals surface area contributed by atoms with E-state index < -0.39 is 0 Å². The third-order valence-electron chi connectivity index (χ3n) is 0.938. The van der Waals surface area contributed by atoms with Gasteiger partial charge >= 0.3 is 5.69 Å². The lowest BCUT2D eigenvalue weighted by Gasteiger charge is -1.91. The van der Waals surface area contributed by atoms with Gasteiger partial charge in [0.05, 0.1) is 4.60 Å². The SMILES string of the molecule is Cc1cnc(=O)[nH]c1Br. The van der Waals surface area contributed by atoms with Gasteiger partial charge in [0, 0.05) is 6.20 Å². The van der Waals surface area contributed by atoms with Gasteiger partial charge in [0.1, 0.15) is 0 Å². The smallest absolute Gasteiger partial charge is 0.300 e. The van der Waals surface area contributed by atoms with Gasteiger partial charge in [-0.05, 0) is 28.4 Å². The molecular formula is C5H5BrN2O. The average Bonchev–Trinajstić information content (AvgIpc) is 1.80. The largest absolute Gasteiger partial charge is 0.345 e. The van der Waals surface area contributed by atoms with Crippen molar-refractivity contribution in [2.45, 2.75) is 6.92 Å². The third-order valence-corrected chi connectivity index (χ3v) is 1.76. The van der Waals surface area contributed by atoms with Crippen molar-refractivity contribution < 1.29 is 0 Å². The second-order valence-electron chi connectivity index (χ2n) is 1.69. The van der Waals surface area contributed by atoms with E-state index in [1.807, 2.05) is 6.92 Å². The Morgan fingerprint density at radius 3 is 2.89 bits per heavy atom. The molecule has 0 unspecified atom stereocenters. The Balaban J connectivity index is 3.34. The summed E-state index contributed by atoms with van der Waals surface area (Å²) in [6, 6.07) is 0. The molecule has 0 aliphatic heterocycles. The Bertz CT molecular complexity index is 268. The molecule has 0 aliphatic rings. The van der Waals surface area contributed by atoms with Crippen molar-refractivity contribution in [2.75, 3.05) is 0 Å². The molecule has 1 heterocycles. The van der Waals surface area contributed by atoms with E-state index in [0.29, 0.717) is 4.60 Å². The van der Waals surface area contributed by atoms with Crippen molar-refractivity contribution >= 4 is 15.9 Å². The van der Waals surface area contributed by atoms with E-state index in [1.54, 1.807) is 0 Å². The van der Waals surface area contributed by atoms with Crippen LogP contribution in [0.3, 0.4) is 0 Å². The Morgan fingerprint density at radius 1 is 1.78 bits per heavy atom. The Labute approximate surface area is 60.3 Å². The lowest BCUT2D eigenvalue weighted by atomic mass is 10.4. The van der Waals surface area contributed by atoms with Crippen LogP contribution in [-0.2, 0) is 0 Å². The number of rotatable bonds is 0. The van der Waals surface area contributed by atoms with E-state index >= 15 is 0 Å². The molecule has 1 aromatic rings. The highest BCUT2D eigenvalue weighted by Gasteiger charge is 1.91. The predicted molar refractivity (Wildman–Crippen MR) is 37.3 cm³/mol. The normalized spacial score (nSPS) is 9.56. The molecule has 0 aromatic carbocycles. The third kappa shape index (κ3) is 1.38. The van der Waals surface area contributed by atoms with Gasteiger partial charge < -0.3 is 0 Å². The molecule has 0 fully saturated rings. The van der Waals surface area contributed by atoms with Crippen LogP contribution in [0.4, 0.5) is 0 Å². The second-order valence-corrected chi connectivity index (χ2v) is 2.48. The molecule has 0 saturated carbocycles. The Hall–Kier alpha value is -0.640. The van der Waals surface area contributed by atoms with E-state index in [-0.39, 0.29) is 5.69 Å². The van der Waals surface area contributed by atoms with Gasteiger partial charge in [-0.3, -0.25) is 4.98 Å². The van der Waals surface area contributed by atoms with Crippen LogP contribution < -0.4 is 5.69 Å². The fourth-order valence-electron chi connectivity index (χ4n) is 0.437. The summed E-state index contributed by atoms with van der Waals surface area (Å²) in [4.78, 5) is 16.4. The quantitative estimate of drug-likeness (QED) is 0.614. The molecule has 1 rings (SSSR count). The molecule has 0 spiro atoms. The molecule has 0 radical (unpaired) electrons. The molecular weight excluding hydrogens is 184 g/mol. The van der Waals surface area contributed by atoms with Crippen molar-refractivity contribution in [3.63, 3.8) is 0 Å². The second kappa shape index (κ2) is 2.31. The fourth-order valence-corrected chi connectivity index (χ4v) is 0.709. The summed E-state index contributed by atoms with van der Waals surface area (Å²) in [5, 5.41) is 0. The number of aromatic nitrogens is 2. The maximum absolute atomic E-state index is 10.4. The maximum atomic E-state index is 10.4. The molecule has 3 nitrogen and oxygen atoms in total. The number of nitrogens with zero attached hydrogens (tertiary/aromatic N) is 1. The van der Waals surface area contributed by atoms with Crippen molar-refractivity contribution in [3.05, 3.63) is 26.8 Å². The van der Waals surface area contributed by atoms with E-state index in [1.165, 1.54) is 6.20 Å². The minimum atomic E-state index is -0.326. The lowest BCUT2D eigenvalue weighted by Crippen LogP contribution is -2.09. The standard InChI is InChI=1S/C5H5BrN2O/c1-3-2-7-5(9)8-4(3)6/h2H,1H3,(H,7,8,9). The van der Waals surface area contributed by atoms with Crippen LogP contribution in [0.5, 0.6) is 0 Å². The van der Waals surface area contributed by atoms with E-state index in [0.717, 1.165) is 5.56 Å². The first-order valence-corrected chi connectivity index (χ1v) is 3.21. The van der Waals surface area contributed by atoms with Crippen LogP contribution in [0.2, 0.25) is 0 Å². The van der Waals surface area contributed by atoms with E-state index in [4.69, 9.17) is 0 Å². The molecule has 0 saturated heterocycles. The van der Waals surface area contributed by atoms with Gasteiger partial charge in [-0.15, -0.1) is 0 Å². The lowest BCUT2D eigenvalue weighted by molar-refractivity contribution is 1.02. The summed E-state index contributed by atoms with van der Waals surface area (Å²) >= 11 is 3.15. The molecule has 48 valence electrons. The fraction of sp³-hybridized carbons (Fsp3) is 0.200. The molecule has 0 amide bonds. The molecule has 4 heteroatoms. The van der Waals surface area contributed by atoms with Gasteiger partial charge in [0.15, 0.2) is 0 Å². The molecule has 9 heavy (non-hydrogen) atoms. The first-order valence-electron chi connectivity index (χ1n) is 2.41. The van der Waals surface area contributed by atoms with Crippen molar-refractivity contribution in [1.82, 2.24) is 9.97 Å². The van der Waals surface area contributed by atoms with Gasteiger partial charge in [0.2, 0.25) is 0 Å². The van der Waals surface area contributed by atoms with Crippen molar-refractivity contribution in [1.29, 1.82) is 0 Å². The minimum Gasteiger partial charge on any atom is -0.300 e. The van der Waals surface area contributed by atoms with Crippen LogP contribution >= 0.6 is 15.9 Å². The van der Waals surface area contributed by atoms with Gasteiger partial charge in [-0.1, -0.05) is 0 Å². The van der Waals surface area contributed by atoms with Gasteiger partial charge in [0.25, 0.3) is 0 Å². The highest BCUT2D eigenvalue weighted by molar-refractivity contribution is 9.10. The summed E-state index contributed by atoms with van der Waals surface area (Å²) in [7, 11) is 0. The van der Waals surface area contributed by atoms with Crippen LogP contribution in [0, 0.1) is 6.92 Å². The summed E-state index contributed by atoms with van der Waals surface area (Å²) in [5.41, 5.74) is 0.599. The first-order chi connectivity index (χ1) is 4.20. The van der Waals surface area contributed by atoms with Crippen LogP contribution in [0.15, 0.2) is 15.6 Å². The molecule has 0 bridgehead atoms. The van der Waals surface area contributed by atoms with Crippen molar-refractivity contribution in [3.8, 4) is 0 Å². The number of aromatic amines is 1. The van der Waals surface area contributed by atoms with Crippen LogP contribution in [-0.4, -0.2) is 9.97 Å².